The molecule has 3 nitrogen and oxygen atoms in total. The van der Waals surface area contributed by atoms with Crippen molar-refractivity contribution in [2.75, 3.05) is 6.61 Å². The normalized spacial score (nSPS) is 20.2. The minimum absolute atomic E-state index is 0.106. The van der Waals surface area contributed by atoms with Gasteiger partial charge in [-0.3, -0.25) is 9.78 Å². The highest BCUT2D eigenvalue weighted by Gasteiger charge is 2.46. The molecular formula is C23H29NO2. The number of fused-ring (bicyclic) bond motifs is 3. The summed E-state index contributed by atoms with van der Waals surface area (Å²) in [6.07, 6.45) is 4.76. The molecule has 0 bridgehead atoms. The molecule has 1 aliphatic rings. The van der Waals surface area contributed by atoms with Gasteiger partial charge in [0.2, 0.25) is 0 Å². The van der Waals surface area contributed by atoms with Gasteiger partial charge < -0.3 is 4.74 Å². The monoisotopic (exact) mass is 351 g/mol. The number of hydrogen-bond acceptors (Lipinski definition) is 3. The maximum absolute atomic E-state index is 12.4. The molecule has 0 fully saturated rings. The van der Waals surface area contributed by atoms with E-state index in [0.717, 1.165) is 25.0 Å². The second kappa shape index (κ2) is 7.61. The number of benzene rings is 1. The van der Waals surface area contributed by atoms with Crippen LogP contribution in [-0.4, -0.2) is 17.6 Å². The highest BCUT2D eigenvalue weighted by Crippen LogP contribution is 2.54. The molecule has 3 rings (SSSR count). The van der Waals surface area contributed by atoms with Crippen LogP contribution in [0, 0.1) is 11.8 Å². The Morgan fingerprint density at radius 1 is 1.08 bits per heavy atom. The van der Waals surface area contributed by atoms with E-state index in [-0.39, 0.29) is 17.3 Å². The zero-order chi connectivity index (χ0) is 18.7. The summed E-state index contributed by atoms with van der Waals surface area (Å²) in [5.41, 5.74) is 4.68. The largest absolute Gasteiger partial charge is 0.466 e. The van der Waals surface area contributed by atoms with Crippen molar-refractivity contribution >= 4 is 5.97 Å². The number of rotatable bonds is 7. The number of esters is 1. The van der Waals surface area contributed by atoms with Gasteiger partial charge in [0, 0.05) is 17.2 Å². The summed E-state index contributed by atoms with van der Waals surface area (Å²) in [6.45, 7) is 8.82. The number of ether oxygens (including phenoxy) is 1. The molecule has 0 N–H and O–H groups in total. The van der Waals surface area contributed by atoms with Gasteiger partial charge in [-0.1, -0.05) is 57.5 Å². The van der Waals surface area contributed by atoms with Crippen LogP contribution in [0.5, 0.6) is 0 Å². The Kier molecular flexibility index (Phi) is 5.45. The molecule has 0 saturated carbocycles. The van der Waals surface area contributed by atoms with Crippen molar-refractivity contribution in [3.8, 4) is 11.3 Å². The van der Waals surface area contributed by atoms with E-state index in [1.54, 1.807) is 0 Å². The summed E-state index contributed by atoms with van der Waals surface area (Å²) in [6, 6.07) is 12.8. The number of hydrogen-bond donors (Lipinski definition) is 0. The Balaban J connectivity index is 2.13. The van der Waals surface area contributed by atoms with Gasteiger partial charge in [-0.25, -0.2) is 0 Å². The smallest absolute Gasteiger partial charge is 0.308 e. The molecule has 3 unspecified atom stereocenters. The zero-order valence-electron chi connectivity index (χ0n) is 16.3. The lowest BCUT2D eigenvalue weighted by atomic mass is 9.67. The maximum Gasteiger partial charge on any atom is 0.308 e. The summed E-state index contributed by atoms with van der Waals surface area (Å²) < 4.78 is 5.31. The van der Waals surface area contributed by atoms with Gasteiger partial charge in [-0.05, 0) is 42.9 Å². The Hall–Kier alpha value is -2.16. The lowest BCUT2D eigenvalue weighted by Gasteiger charge is -2.36. The molecule has 1 aliphatic carbocycles. The zero-order valence-corrected chi connectivity index (χ0v) is 16.3. The predicted octanol–water partition coefficient (Wildman–Crippen LogP) is 5.37. The standard InChI is InChI=1S/C23H29NO2/c1-5-16(3)14-23(15-17(4)22(25)26-6-2)19-11-8-7-10-18(19)21-20(23)12-9-13-24-21/h7-13,16-17H,5-6,14-15H2,1-4H3. The average molecular weight is 351 g/mol. The van der Waals surface area contributed by atoms with Crippen LogP contribution in [-0.2, 0) is 14.9 Å². The highest BCUT2D eigenvalue weighted by atomic mass is 16.5. The van der Waals surface area contributed by atoms with Crippen molar-refractivity contribution in [2.24, 2.45) is 11.8 Å². The van der Waals surface area contributed by atoms with Crippen molar-refractivity contribution in [3.63, 3.8) is 0 Å². The number of pyridine rings is 1. The third-order valence-electron chi connectivity index (χ3n) is 5.76. The molecule has 138 valence electrons. The van der Waals surface area contributed by atoms with Crippen LogP contribution in [0.2, 0.25) is 0 Å². The number of carbonyl (C=O) groups excluding carboxylic acids is 1. The minimum atomic E-state index is -0.179. The van der Waals surface area contributed by atoms with Crippen LogP contribution in [0.25, 0.3) is 11.3 Å². The van der Waals surface area contributed by atoms with E-state index < -0.39 is 0 Å². The molecule has 1 aromatic carbocycles. The van der Waals surface area contributed by atoms with E-state index >= 15 is 0 Å². The third kappa shape index (κ3) is 3.15. The van der Waals surface area contributed by atoms with Gasteiger partial charge in [0.05, 0.1) is 18.2 Å². The van der Waals surface area contributed by atoms with E-state index in [9.17, 15) is 4.79 Å². The summed E-state index contributed by atoms with van der Waals surface area (Å²) in [5, 5.41) is 0. The van der Waals surface area contributed by atoms with Gasteiger partial charge in [0.25, 0.3) is 0 Å². The molecular weight excluding hydrogens is 322 g/mol. The van der Waals surface area contributed by atoms with Crippen LogP contribution >= 0.6 is 0 Å². The first-order chi connectivity index (χ1) is 12.5. The lowest BCUT2D eigenvalue weighted by Crippen LogP contribution is -2.33. The lowest BCUT2D eigenvalue weighted by molar-refractivity contribution is -0.148. The van der Waals surface area contributed by atoms with E-state index in [1.165, 1.54) is 16.7 Å². The number of aromatic nitrogens is 1. The molecule has 0 aliphatic heterocycles. The summed E-state index contributed by atoms with van der Waals surface area (Å²) in [4.78, 5) is 17.1. The quantitative estimate of drug-likeness (QED) is 0.629. The second-order valence-electron chi connectivity index (χ2n) is 7.60. The molecule has 0 saturated heterocycles. The van der Waals surface area contributed by atoms with E-state index in [2.05, 4.69) is 44.2 Å². The molecule has 1 heterocycles. The fraction of sp³-hybridized carbons (Fsp3) is 0.478. The second-order valence-corrected chi connectivity index (χ2v) is 7.60. The first-order valence-electron chi connectivity index (χ1n) is 9.75. The van der Waals surface area contributed by atoms with Crippen molar-refractivity contribution < 1.29 is 9.53 Å². The molecule has 2 aromatic rings. The molecule has 3 heteroatoms. The molecule has 0 spiro atoms. The third-order valence-corrected chi connectivity index (χ3v) is 5.76. The number of nitrogens with zero attached hydrogens (tertiary/aromatic N) is 1. The first kappa shape index (κ1) is 18.6. The van der Waals surface area contributed by atoms with Gasteiger partial charge in [-0.2, -0.15) is 0 Å². The van der Waals surface area contributed by atoms with Crippen LogP contribution in [0.4, 0.5) is 0 Å². The Labute approximate surface area is 156 Å². The van der Waals surface area contributed by atoms with E-state index in [4.69, 9.17) is 9.72 Å². The van der Waals surface area contributed by atoms with Gasteiger partial charge in [-0.15, -0.1) is 0 Å². The van der Waals surface area contributed by atoms with Crippen molar-refractivity contribution in [1.82, 2.24) is 4.98 Å². The van der Waals surface area contributed by atoms with Crippen LogP contribution < -0.4 is 0 Å². The van der Waals surface area contributed by atoms with E-state index in [0.29, 0.717) is 12.5 Å². The van der Waals surface area contributed by atoms with Crippen molar-refractivity contribution in [3.05, 3.63) is 53.7 Å². The highest BCUT2D eigenvalue weighted by molar-refractivity contribution is 5.79. The molecule has 0 amide bonds. The molecule has 0 radical (unpaired) electrons. The molecule has 3 atom stereocenters. The van der Waals surface area contributed by atoms with Crippen LogP contribution in [0.1, 0.15) is 58.1 Å². The topological polar surface area (TPSA) is 39.2 Å². The fourth-order valence-corrected chi connectivity index (χ4v) is 4.41. The van der Waals surface area contributed by atoms with Crippen molar-refractivity contribution in [1.29, 1.82) is 0 Å². The maximum atomic E-state index is 12.4. The van der Waals surface area contributed by atoms with Crippen LogP contribution in [0.15, 0.2) is 42.6 Å². The first-order valence-corrected chi connectivity index (χ1v) is 9.75. The molecule has 26 heavy (non-hydrogen) atoms. The van der Waals surface area contributed by atoms with Gasteiger partial charge in [0.15, 0.2) is 0 Å². The summed E-state index contributed by atoms with van der Waals surface area (Å²) >= 11 is 0. The van der Waals surface area contributed by atoms with E-state index in [1.807, 2.05) is 26.1 Å². The minimum Gasteiger partial charge on any atom is -0.466 e. The molecule has 1 aromatic heterocycles. The summed E-state index contributed by atoms with van der Waals surface area (Å²) in [7, 11) is 0. The summed E-state index contributed by atoms with van der Waals surface area (Å²) in [5.74, 6) is 0.299. The van der Waals surface area contributed by atoms with Gasteiger partial charge in [0.1, 0.15) is 0 Å². The van der Waals surface area contributed by atoms with Crippen LogP contribution in [0.3, 0.4) is 0 Å². The Morgan fingerprint density at radius 2 is 1.81 bits per heavy atom. The SMILES string of the molecule is CCOC(=O)C(C)CC1(CC(C)CC)c2ccccc2-c2ncccc21. The fourth-order valence-electron chi connectivity index (χ4n) is 4.41. The van der Waals surface area contributed by atoms with Crippen molar-refractivity contribution in [2.45, 2.75) is 52.4 Å². The Morgan fingerprint density at radius 3 is 2.54 bits per heavy atom. The van der Waals surface area contributed by atoms with Gasteiger partial charge >= 0.3 is 5.97 Å². The number of carbonyl (C=O) groups is 1. The predicted molar refractivity (Wildman–Crippen MR) is 105 cm³/mol. The average Bonchev–Trinajstić information content (AvgIpc) is 2.92. The Bertz CT molecular complexity index is 738.